The summed E-state index contributed by atoms with van der Waals surface area (Å²) in [6, 6.07) is 13.1. The second-order valence-electron chi connectivity index (χ2n) is 5.36. The molecule has 0 radical (unpaired) electrons. The number of rotatable bonds is 7. The Labute approximate surface area is 158 Å². The first-order valence-electron chi connectivity index (χ1n) is 7.82. The molecule has 1 N–H and O–H groups in total. The number of aromatic nitrogens is 1. The number of carbonyl (C=O) groups is 1. The van der Waals surface area contributed by atoms with E-state index in [0.717, 1.165) is 0 Å². The maximum absolute atomic E-state index is 12.0. The molecule has 1 amide bonds. The number of hydrogen-bond donors (Lipinski definition) is 1. The number of nitro groups is 1. The monoisotopic (exact) mass is 385 g/mol. The summed E-state index contributed by atoms with van der Waals surface area (Å²) in [7, 11) is 1.55. The van der Waals surface area contributed by atoms with E-state index >= 15 is 0 Å². The summed E-state index contributed by atoms with van der Waals surface area (Å²) >= 11 is 1.23. The summed E-state index contributed by atoms with van der Waals surface area (Å²) in [4.78, 5) is 26.7. The minimum Gasteiger partial charge on any atom is -0.497 e. The van der Waals surface area contributed by atoms with Gasteiger partial charge in [0.25, 0.3) is 11.6 Å². The predicted molar refractivity (Wildman–Crippen MR) is 101 cm³/mol. The van der Waals surface area contributed by atoms with Gasteiger partial charge in [0.2, 0.25) is 0 Å². The highest BCUT2D eigenvalue weighted by Gasteiger charge is 2.12. The Hall–Kier alpha value is -3.46. The van der Waals surface area contributed by atoms with Crippen LogP contribution in [0.25, 0.3) is 11.3 Å². The van der Waals surface area contributed by atoms with E-state index in [9.17, 15) is 14.9 Å². The van der Waals surface area contributed by atoms with Crippen molar-refractivity contribution in [1.82, 2.24) is 4.98 Å². The molecule has 1 aromatic heterocycles. The van der Waals surface area contributed by atoms with E-state index in [1.807, 2.05) is 0 Å². The average Bonchev–Trinajstić information content (AvgIpc) is 3.15. The van der Waals surface area contributed by atoms with Crippen molar-refractivity contribution in [1.29, 1.82) is 0 Å². The highest BCUT2D eigenvalue weighted by atomic mass is 32.1. The van der Waals surface area contributed by atoms with E-state index < -0.39 is 4.92 Å². The number of nitrogens with one attached hydrogen (secondary N) is 1. The molecule has 0 aliphatic carbocycles. The summed E-state index contributed by atoms with van der Waals surface area (Å²) < 4.78 is 10.5. The molecule has 0 fully saturated rings. The van der Waals surface area contributed by atoms with Crippen molar-refractivity contribution in [2.24, 2.45) is 0 Å². The van der Waals surface area contributed by atoms with Crippen LogP contribution in [0.15, 0.2) is 53.9 Å². The van der Waals surface area contributed by atoms with Crippen molar-refractivity contribution in [3.8, 4) is 22.8 Å². The fraction of sp³-hybridized carbons (Fsp3) is 0.111. The smallest absolute Gasteiger partial charge is 0.270 e. The number of amides is 1. The number of nitrogens with zero attached hydrogens (tertiary/aromatic N) is 2. The van der Waals surface area contributed by atoms with E-state index in [2.05, 4.69) is 10.3 Å². The molecule has 0 saturated heterocycles. The number of methoxy groups -OCH3 is 1. The van der Waals surface area contributed by atoms with Gasteiger partial charge in [-0.1, -0.05) is 18.2 Å². The molecule has 3 aromatic rings. The Morgan fingerprint density at radius 2 is 2.00 bits per heavy atom. The van der Waals surface area contributed by atoms with Gasteiger partial charge < -0.3 is 9.47 Å². The molecular formula is C18H15N3O5S. The molecule has 0 saturated carbocycles. The zero-order valence-corrected chi connectivity index (χ0v) is 15.1. The highest BCUT2D eigenvalue weighted by molar-refractivity contribution is 7.14. The molecule has 0 spiro atoms. The Bertz CT molecular complexity index is 973. The van der Waals surface area contributed by atoms with E-state index in [1.165, 1.54) is 23.5 Å². The van der Waals surface area contributed by atoms with Crippen LogP contribution in [0.1, 0.15) is 0 Å². The van der Waals surface area contributed by atoms with Crippen molar-refractivity contribution in [3.05, 3.63) is 64.0 Å². The third kappa shape index (κ3) is 4.79. The highest BCUT2D eigenvalue weighted by Crippen LogP contribution is 2.27. The zero-order chi connectivity index (χ0) is 19.2. The van der Waals surface area contributed by atoms with Crippen molar-refractivity contribution >= 4 is 28.1 Å². The number of ether oxygens (including phenoxy) is 2. The van der Waals surface area contributed by atoms with Gasteiger partial charge in [0.05, 0.1) is 17.7 Å². The molecule has 3 rings (SSSR count). The van der Waals surface area contributed by atoms with Gasteiger partial charge in [-0.25, -0.2) is 4.98 Å². The van der Waals surface area contributed by atoms with E-state index in [1.54, 1.807) is 48.9 Å². The fourth-order valence-electron chi connectivity index (χ4n) is 2.24. The van der Waals surface area contributed by atoms with Crippen molar-refractivity contribution in [3.63, 3.8) is 0 Å². The van der Waals surface area contributed by atoms with Crippen LogP contribution in [0.5, 0.6) is 11.5 Å². The number of nitro benzene ring substituents is 1. The first-order valence-corrected chi connectivity index (χ1v) is 8.70. The summed E-state index contributed by atoms with van der Waals surface area (Å²) in [5.74, 6) is 0.785. The van der Waals surface area contributed by atoms with Gasteiger partial charge in [-0.3, -0.25) is 20.2 Å². The third-order valence-corrected chi connectivity index (χ3v) is 4.27. The molecule has 8 nitrogen and oxygen atoms in total. The molecular weight excluding hydrogens is 370 g/mol. The molecule has 1 heterocycles. The van der Waals surface area contributed by atoms with Crippen LogP contribution in [0.2, 0.25) is 0 Å². The van der Waals surface area contributed by atoms with E-state index in [-0.39, 0.29) is 18.2 Å². The minimum atomic E-state index is -0.464. The van der Waals surface area contributed by atoms with Crippen LogP contribution < -0.4 is 14.8 Å². The Morgan fingerprint density at radius 3 is 2.78 bits per heavy atom. The average molecular weight is 385 g/mol. The summed E-state index contributed by atoms with van der Waals surface area (Å²) in [5.41, 5.74) is 1.14. The van der Waals surface area contributed by atoms with Crippen molar-refractivity contribution in [2.45, 2.75) is 0 Å². The molecule has 0 atom stereocenters. The maximum Gasteiger partial charge on any atom is 0.270 e. The van der Waals surface area contributed by atoms with Crippen molar-refractivity contribution < 1.29 is 19.2 Å². The lowest BCUT2D eigenvalue weighted by atomic mass is 10.1. The standard InChI is InChI=1S/C18H15N3O5S/c1-25-14-6-3-7-15(9-14)26-10-17(22)20-18-19-16(11-27-18)12-4-2-5-13(8-12)21(23)24/h2-9,11H,10H2,1H3,(H,19,20,22). The fourth-order valence-corrected chi connectivity index (χ4v) is 2.97. The molecule has 0 bridgehead atoms. The number of carbonyl (C=O) groups excluding carboxylic acids is 1. The van der Waals surface area contributed by atoms with Gasteiger partial charge in [0, 0.05) is 29.1 Å². The minimum absolute atomic E-state index is 0.0159. The van der Waals surface area contributed by atoms with Crippen LogP contribution in [0, 0.1) is 10.1 Å². The lowest BCUT2D eigenvalue weighted by molar-refractivity contribution is -0.384. The van der Waals surface area contributed by atoms with E-state index in [4.69, 9.17) is 9.47 Å². The number of non-ortho nitro benzene ring substituents is 1. The molecule has 0 aliphatic rings. The number of thiazole rings is 1. The zero-order valence-electron chi connectivity index (χ0n) is 14.2. The Balaban J connectivity index is 1.61. The molecule has 0 aliphatic heterocycles. The van der Waals surface area contributed by atoms with Gasteiger partial charge in [-0.05, 0) is 12.1 Å². The summed E-state index contributed by atoms with van der Waals surface area (Å²) in [6.07, 6.45) is 0. The van der Waals surface area contributed by atoms with Crippen LogP contribution in [0.3, 0.4) is 0 Å². The molecule has 138 valence electrons. The third-order valence-electron chi connectivity index (χ3n) is 3.51. The first-order chi connectivity index (χ1) is 13.0. The normalized spacial score (nSPS) is 10.3. The van der Waals surface area contributed by atoms with Crippen molar-refractivity contribution in [2.75, 3.05) is 19.0 Å². The number of benzene rings is 2. The molecule has 0 unspecified atom stereocenters. The van der Waals surface area contributed by atoms with Gasteiger partial charge in [-0.2, -0.15) is 0 Å². The topological polar surface area (TPSA) is 104 Å². The predicted octanol–water partition coefficient (Wildman–Crippen LogP) is 3.74. The largest absolute Gasteiger partial charge is 0.497 e. The molecule has 27 heavy (non-hydrogen) atoms. The van der Waals surface area contributed by atoms with Crippen LogP contribution >= 0.6 is 11.3 Å². The SMILES string of the molecule is COc1cccc(OCC(=O)Nc2nc(-c3cccc([N+](=O)[O-])c3)cs2)c1. The lowest BCUT2D eigenvalue weighted by Crippen LogP contribution is -2.20. The van der Waals surface area contributed by atoms with E-state index in [0.29, 0.717) is 27.9 Å². The summed E-state index contributed by atoms with van der Waals surface area (Å²) in [6.45, 7) is -0.182. The number of hydrogen-bond acceptors (Lipinski definition) is 7. The van der Waals surface area contributed by atoms with Gasteiger partial charge in [0.15, 0.2) is 11.7 Å². The van der Waals surface area contributed by atoms with Gasteiger partial charge in [0.1, 0.15) is 11.5 Å². The lowest BCUT2D eigenvalue weighted by Gasteiger charge is -2.07. The van der Waals surface area contributed by atoms with Crippen LogP contribution in [-0.2, 0) is 4.79 Å². The maximum atomic E-state index is 12.0. The molecule has 9 heteroatoms. The van der Waals surface area contributed by atoms with Crippen LogP contribution in [-0.4, -0.2) is 29.5 Å². The Kier molecular flexibility index (Phi) is 5.62. The van der Waals surface area contributed by atoms with Gasteiger partial charge >= 0.3 is 0 Å². The quantitative estimate of drug-likeness (QED) is 0.491. The van der Waals surface area contributed by atoms with Crippen LogP contribution in [0.4, 0.5) is 10.8 Å². The van der Waals surface area contributed by atoms with Gasteiger partial charge in [-0.15, -0.1) is 11.3 Å². The molecule has 2 aromatic carbocycles. The second-order valence-corrected chi connectivity index (χ2v) is 6.22. The number of anilines is 1. The summed E-state index contributed by atoms with van der Waals surface area (Å²) in [5, 5.41) is 15.6. The first kappa shape index (κ1) is 18.3. The second kappa shape index (κ2) is 8.28. The Morgan fingerprint density at radius 1 is 1.22 bits per heavy atom.